The van der Waals surface area contributed by atoms with E-state index in [9.17, 15) is 4.79 Å². The summed E-state index contributed by atoms with van der Waals surface area (Å²) >= 11 is 3.37. The minimum Gasteiger partial charge on any atom is -0.348 e. The zero-order valence-electron chi connectivity index (χ0n) is 12.2. The molecular weight excluding hydrogens is 354 g/mol. The van der Waals surface area contributed by atoms with Crippen LogP contribution in [-0.4, -0.2) is 15.9 Å². The SMILES string of the molecule is O=C(NCc1cccnc1-c1cccnc1)c1cccc(Br)c1. The Morgan fingerprint density at radius 3 is 2.74 bits per heavy atom. The second-order valence-electron chi connectivity index (χ2n) is 4.95. The van der Waals surface area contributed by atoms with Gasteiger partial charge in [-0.3, -0.25) is 14.8 Å². The van der Waals surface area contributed by atoms with Crippen molar-refractivity contribution in [3.05, 3.63) is 82.7 Å². The van der Waals surface area contributed by atoms with Crippen LogP contribution in [0.15, 0.2) is 71.6 Å². The van der Waals surface area contributed by atoms with Crippen LogP contribution < -0.4 is 5.32 Å². The van der Waals surface area contributed by atoms with Gasteiger partial charge in [-0.15, -0.1) is 0 Å². The Kier molecular flexibility index (Phi) is 4.78. The third-order valence-corrected chi connectivity index (χ3v) is 3.85. The van der Waals surface area contributed by atoms with Crippen molar-refractivity contribution < 1.29 is 4.79 Å². The molecule has 1 N–H and O–H groups in total. The number of benzene rings is 1. The molecule has 0 aliphatic carbocycles. The van der Waals surface area contributed by atoms with Crippen LogP contribution in [-0.2, 0) is 6.54 Å². The fourth-order valence-electron chi connectivity index (χ4n) is 2.25. The van der Waals surface area contributed by atoms with Crippen molar-refractivity contribution in [3.63, 3.8) is 0 Å². The Hall–Kier alpha value is -2.53. The van der Waals surface area contributed by atoms with Gasteiger partial charge < -0.3 is 5.32 Å². The highest BCUT2D eigenvalue weighted by molar-refractivity contribution is 9.10. The highest BCUT2D eigenvalue weighted by atomic mass is 79.9. The maximum absolute atomic E-state index is 12.3. The summed E-state index contributed by atoms with van der Waals surface area (Å²) in [5, 5.41) is 2.93. The number of amides is 1. The largest absolute Gasteiger partial charge is 0.348 e. The van der Waals surface area contributed by atoms with Crippen molar-refractivity contribution >= 4 is 21.8 Å². The Bertz CT molecular complexity index is 821. The molecule has 3 aromatic rings. The van der Waals surface area contributed by atoms with E-state index in [1.807, 2.05) is 36.4 Å². The number of aromatic nitrogens is 2. The van der Waals surface area contributed by atoms with Crippen LogP contribution in [0.1, 0.15) is 15.9 Å². The highest BCUT2D eigenvalue weighted by Gasteiger charge is 2.09. The molecule has 2 aromatic heterocycles. The molecule has 0 aliphatic heterocycles. The lowest BCUT2D eigenvalue weighted by Gasteiger charge is -2.10. The van der Waals surface area contributed by atoms with Gasteiger partial charge in [-0.05, 0) is 42.0 Å². The van der Waals surface area contributed by atoms with E-state index in [1.165, 1.54) is 0 Å². The van der Waals surface area contributed by atoms with Gasteiger partial charge in [0.1, 0.15) is 0 Å². The number of hydrogen-bond donors (Lipinski definition) is 1. The van der Waals surface area contributed by atoms with Gasteiger partial charge in [0.2, 0.25) is 0 Å². The second-order valence-corrected chi connectivity index (χ2v) is 5.86. The number of nitrogens with zero attached hydrogens (tertiary/aromatic N) is 2. The monoisotopic (exact) mass is 367 g/mol. The van der Waals surface area contributed by atoms with Crippen LogP contribution in [0.4, 0.5) is 0 Å². The smallest absolute Gasteiger partial charge is 0.251 e. The summed E-state index contributed by atoms with van der Waals surface area (Å²) in [5.41, 5.74) is 3.32. The van der Waals surface area contributed by atoms with E-state index in [0.717, 1.165) is 21.3 Å². The van der Waals surface area contributed by atoms with Gasteiger partial charge in [-0.1, -0.05) is 28.1 Å². The predicted molar refractivity (Wildman–Crippen MR) is 92.8 cm³/mol. The van der Waals surface area contributed by atoms with E-state index in [4.69, 9.17) is 0 Å². The van der Waals surface area contributed by atoms with Crippen LogP contribution in [0.2, 0.25) is 0 Å². The average molecular weight is 368 g/mol. The fraction of sp³-hybridized carbons (Fsp3) is 0.0556. The summed E-state index contributed by atoms with van der Waals surface area (Å²) in [5.74, 6) is -0.118. The van der Waals surface area contributed by atoms with Crippen molar-refractivity contribution in [2.75, 3.05) is 0 Å². The first-order chi connectivity index (χ1) is 11.2. The molecule has 3 rings (SSSR count). The number of halogens is 1. The van der Waals surface area contributed by atoms with Crippen LogP contribution in [0.25, 0.3) is 11.3 Å². The first kappa shape index (κ1) is 15.4. The Balaban J connectivity index is 1.78. The van der Waals surface area contributed by atoms with Gasteiger partial charge in [0.05, 0.1) is 5.69 Å². The van der Waals surface area contributed by atoms with E-state index in [1.54, 1.807) is 30.7 Å². The molecule has 0 fully saturated rings. The lowest BCUT2D eigenvalue weighted by atomic mass is 10.1. The molecule has 114 valence electrons. The van der Waals surface area contributed by atoms with Gasteiger partial charge >= 0.3 is 0 Å². The average Bonchev–Trinajstić information content (AvgIpc) is 2.60. The Morgan fingerprint density at radius 1 is 1.09 bits per heavy atom. The third kappa shape index (κ3) is 3.81. The summed E-state index contributed by atoms with van der Waals surface area (Å²) in [4.78, 5) is 20.8. The maximum atomic E-state index is 12.3. The topological polar surface area (TPSA) is 54.9 Å². The lowest BCUT2D eigenvalue weighted by Crippen LogP contribution is -2.23. The summed E-state index contributed by atoms with van der Waals surface area (Å²) in [6, 6.07) is 14.9. The molecule has 0 saturated heterocycles. The van der Waals surface area contributed by atoms with Gasteiger partial charge in [0, 0.05) is 40.7 Å². The Morgan fingerprint density at radius 2 is 1.96 bits per heavy atom. The number of carbonyl (C=O) groups excluding carboxylic acids is 1. The summed E-state index contributed by atoms with van der Waals surface area (Å²) < 4.78 is 0.877. The molecule has 0 saturated carbocycles. The predicted octanol–water partition coefficient (Wildman–Crippen LogP) is 3.84. The van der Waals surface area contributed by atoms with E-state index in [2.05, 4.69) is 31.2 Å². The molecule has 1 amide bonds. The summed E-state index contributed by atoms with van der Waals surface area (Å²) in [7, 11) is 0. The van der Waals surface area contributed by atoms with Crippen molar-refractivity contribution in [2.24, 2.45) is 0 Å². The van der Waals surface area contributed by atoms with Gasteiger partial charge in [0.15, 0.2) is 0 Å². The van der Waals surface area contributed by atoms with Crippen LogP contribution in [0.5, 0.6) is 0 Å². The molecule has 2 heterocycles. The minimum absolute atomic E-state index is 0.118. The first-order valence-electron chi connectivity index (χ1n) is 7.12. The summed E-state index contributed by atoms with van der Waals surface area (Å²) in [6.07, 6.45) is 5.23. The van der Waals surface area contributed by atoms with Crippen molar-refractivity contribution in [3.8, 4) is 11.3 Å². The normalized spacial score (nSPS) is 10.3. The maximum Gasteiger partial charge on any atom is 0.251 e. The van der Waals surface area contributed by atoms with Crippen molar-refractivity contribution in [1.29, 1.82) is 0 Å². The second kappa shape index (κ2) is 7.15. The molecule has 0 aliphatic rings. The zero-order valence-corrected chi connectivity index (χ0v) is 13.8. The van der Waals surface area contributed by atoms with Crippen molar-refractivity contribution in [2.45, 2.75) is 6.54 Å². The standard InChI is InChI=1S/C18H14BrN3O/c19-16-7-1-4-13(10-16)18(23)22-12-15-6-3-9-21-17(15)14-5-2-8-20-11-14/h1-11H,12H2,(H,22,23). The van der Waals surface area contributed by atoms with Gasteiger partial charge in [-0.25, -0.2) is 0 Å². The molecule has 0 radical (unpaired) electrons. The first-order valence-corrected chi connectivity index (χ1v) is 7.91. The fourth-order valence-corrected chi connectivity index (χ4v) is 2.65. The molecule has 4 nitrogen and oxygen atoms in total. The number of nitrogens with one attached hydrogen (secondary N) is 1. The third-order valence-electron chi connectivity index (χ3n) is 3.35. The highest BCUT2D eigenvalue weighted by Crippen LogP contribution is 2.20. The van der Waals surface area contributed by atoms with E-state index in [-0.39, 0.29) is 5.91 Å². The molecular formula is C18H14BrN3O. The van der Waals surface area contributed by atoms with Crippen LogP contribution in [0.3, 0.4) is 0 Å². The molecule has 5 heteroatoms. The van der Waals surface area contributed by atoms with Gasteiger partial charge in [0.25, 0.3) is 5.91 Å². The van der Waals surface area contributed by atoms with Gasteiger partial charge in [-0.2, -0.15) is 0 Å². The Labute approximate surface area is 142 Å². The molecule has 23 heavy (non-hydrogen) atoms. The van der Waals surface area contributed by atoms with E-state index < -0.39 is 0 Å². The number of rotatable bonds is 4. The lowest BCUT2D eigenvalue weighted by molar-refractivity contribution is 0.0951. The molecule has 0 spiro atoms. The molecule has 0 unspecified atom stereocenters. The number of carbonyl (C=O) groups is 1. The van der Waals surface area contributed by atoms with Crippen LogP contribution >= 0.6 is 15.9 Å². The van der Waals surface area contributed by atoms with Crippen LogP contribution in [0, 0.1) is 0 Å². The zero-order chi connectivity index (χ0) is 16.1. The number of hydrogen-bond acceptors (Lipinski definition) is 3. The number of pyridine rings is 2. The van der Waals surface area contributed by atoms with E-state index in [0.29, 0.717) is 12.1 Å². The molecule has 0 atom stereocenters. The quantitative estimate of drug-likeness (QED) is 0.762. The summed E-state index contributed by atoms with van der Waals surface area (Å²) in [6.45, 7) is 0.406. The van der Waals surface area contributed by atoms with E-state index >= 15 is 0 Å². The molecule has 1 aromatic carbocycles. The van der Waals surface area contributed by atoms with Crippen molar-refractivity contribution in [1.82, 2.24) is 15.3 Å². The molecule has 0 bridgehead atoms. The minimum atomic E-state index is -0.118.